The van der Waals surface area contributed by atoms with E-state index in [9.17, 15) is 14.4 Å². The van der Waals surface area contributed by atoms with Gasteiger partial charge >= 0.3 is 12.1 Å². The van der Waals surface area contributed by atoms with E-state index < -0.39 is 23.9 Å². The van der Waals surface area contributed by atoms with Crippen LogP contribution in [0.1, 0.15) is 47.3 Å². The molecule has 1 aromatic heterocycles. The van der Waals surface area contributed by atoms with Crippen LogP contribution in [-0.2, 0) is 9.53 Å². The van der Waals surface area contributed by atoms with Crippen LogP contribution in [0, 0.1) is 5.92 Å². The van der Waals surface area contributed by atoms with Crippen LogP contribution in [0.15, 0.2) is 59.1 Å². The van der Waals surface area contributed by atoms with E-state index in [0.29, 0.717) is 19.4 Å². The number of fused-ring (bicyclic) bond motifs is 3. The molecule has 1 atom stereocenters. The highest BCUT2D eigenvalue weighted by atomic mass is 16.6. The Bertz CT molecular complexity index is 1160. The Balaban J connectivity index is 1.28. The van der Waals surface area contributed by atoms with Gasteiger partial charge in [-0.2, -0.15) is 0 Å². The first-order chi connectivity index (χ1) is 16.4. The van der Waals surface area contributed by atoms with Gasteiger partial charge < -0.3 is 19.7 Å². The maximum Gasteiger partial charge on any atom is 0.414 e. The number of carboxylic acid groups (broad SMARTS) is 1. The zero-order chi connectivity index (χ0) is 24.1. The zero-order valence-electron chi connectivity index (χ0n) is 18.6. The average molecular weight is 463 g/mol. The van der Waals surface area contributed by atoms with E-state index in [0.717, 1.165) is 22.3 Å². The Morgan fingerprint density at radius 3 is 2.38 bits per heavy atom. The van der Waals surface area contributed by atoms with Crippen LogP contribution in [-0.4, -0.2) is 41.4 Å². The van der Waals surface area contributed by atoms with Gasteiger partial charge in [0.15, 0.2) is 5.69 Å². The number of aromatic nitrogens is 1. The summed E-state index contributed by atoms with van der Waals surface area (Å²) in [6.07, 6.45) is 0.248. The van der Waals surface area contributed by atoms with Crippen molar-refractivity contribution in [3.8, 4) is 11.1 Å². The van der Waals surface area contributed by atoms with Crippen molar-refractivity contribution in [2.24, 2.45) is 5.92 Å². The summed E-state index contributed by atoms with van der Waals surface area (Å²) < 4.78 is 10.5. The Morgan fingerprint density at radius 2 is 1.74 bits per heavy atom. The molecule has 9 heteroatoms. The highest BCUT2D eigenvalue weighted by molar-refractivity contribution is 5.93. The largest absolute Gasteiger partial charge is 0.481 e. The van der Waals surface area contributed by atoms with Gasteiger partial charge in [0.25, 0.3) is 5.91 Å². The number of benzene rings is 2. The van der Waals surface area contributed by atoms with E-state index >= 15 is 0 Å². The summed E-state index contributed by atoms with van der Waals surface area (Å²) in [5.41, 5.74) is 4.48. The van der Waals surface area contributed by atoms with Crippen LogP contribution < -0.4 is 10.6 Å². The number of carbonyl (C=O) groups excluding carboxylic acids is 2. The van der Waals surface area contributed by atoms with E-state index in [1.165, 1.54) is 6.07 Å². The molecule has 176 valence electrons. The third-order valence-electron chi connectivity index (χ3n) is 5.83. The van der Waals surface area contributed by atoms with Crippen LogP contribution in [0.25, 0.3) is 11.1 Å². The fraction of sp³-hybridized carbons (Fsp3) is 0.280. The number of carboxylic acids is 1. The number of carbonyl (C=O) groups is 3. The average Bonchev–Trinajstić information content (AvgIpc) is 3.43. The molecule has 0 fully saturated rings. The molecule has 4 rings (SSSR count). The third-order valence-corrected chi connectivity index (χ3v) is 5.83. The summed E-state index contributed by atoms with van der Waals surface area (Å²) in [5, 5.41) is 17.6. The van der Waals surface area contributed by atoms with Gasteiger partial charge in [0.1, 0.15) is 6.61 Å². The van der Waals surface area contributed by atoms with Crippen LogP contribution >= 0.6 is 0 Å². The predicted molar refractivity (Wildman–Crippen MR) is 124 cm³/mol. The quantitative estimate of drug-likeness (QED) is 0.404. The Hall–Kier alpha value is -4.14. The van der Waals surface area contributed by atoms with E-state index in [-0.39, 0.29) is 24.1 Å². The van der Waals surface area contributed by atoms with E-state index in [4.69, 9.17) is 14.4 Å². The summed E-state index contributed by atoms with van der Waals surface area (Å²) in [6, 6.07) is 17.4. The van der Waals surface area contributed by atoms with Crippen LogP contribution in [0.5, 0.6) is 0 Å². The second kappa shape index (κ2) is 10.2. The van der Waals surface area contributed by atoms with Gasteiger partial charge in [-0.3, -0.25) is 14.9 Å². The molecule has 1 aliphatic carbocycles. The molecular weight excluding hydrogens is 438 g/mol. The van der Waals surface area contributed by atoms with Crippen molar-refractivity contribution in [1.82, 2.24) is 10.5 Å². The zero-order valence-corrected chi connectivity index (χ0v) is 18.6. The predicted octanol–water partition coefficient (Wildman–Crippen LogP) is 4.27. The number of nitrogens with one attached hydrogen (secondary N) is 2. The fourth-order valence-electron chi connectivity index (χ4n) is 4.00. The summed E-state index contributed by atoms with van der Waals surface area (Å²) in [7, 11) is 0. The van der Waals surface area contributed by atoms with Crippen molar-refractivity contribution in [2.45, 2.75) is 25.7 Å². The number of anilines is 1. The van der Waals surface area contributed by atoms with E-state index in [1.54, 1.807) is 6.92 Å². The van der Waals surface area contributed by atoms with Crippen LogP contribution in [0.4, 0.5) is 10.7 Å². The molecule has 0 saturated carbocycles. The first-order valence-electron chi connectivity index (χ1n) is 11.0. The van der Waals surface area contributed by atoms with Crippen molar-refractivity contribution in [3.63, 3.8) is 0 Å². The highest BCUT2D eigenvalue weighted by Gasteiger charge is 2.29. The second-order valence-corrected chi connectivity index (χ2v) is 8.16. The van der Waals surface area contributed by atoms with Crippen molar-refractivity contribution in [3.05, 3.63) is 71.4 Å². The molecule has 3 aromatic rings. The molecule has 0 spiro atoms. The first kappa shape index (κ1) is 23.0. The molecule has 2 amide bonds. The number of rotatable bonds is 9. The molecule has 1 aliphatic rings. The van der Waals surface area contributed by atoms with Gasteiger partial charge in [-0.1, -0.05) is 60.6 Å². The van der Waals surface area contributed by atoms with Crippen LogP contribution in [0.2, 0.25) is 0 Å². The minimum atomic E-state index is -0.869. The van der Waals surface area contributed by atoms with Gasteiger partial charge in [-0.25, -0.2) is 4.79 Å². The highest BCUT2D eigenvalue weighted by Crippen LogP contribution is 2.44. The molecule has 9 nitrogen and oxygen atoms in total. The maximum absolute atomic E-state index is 12.3. The van der Waals surface area contributed by atoms with Gasteiger partial charge in [-0.05, 0) is 35.1 Å². The minimum absolute atomic E-state index is 0.000214. The lowest BCUT2D eigenvalue weighted by Gasteiger charge is -2.13. The number of aliphatic carboxylic acids is 1. The normalized spacial score (nSPS) is 13.0. The molecule has 0 radical (unpaired) electrons. The molecule has 2 aromatic carbocycles. The Morgan fingerprint density at radius 1 is 1.09 bits per heavy atom. The fourth-order valence-corrected chi connectivity index (χ4v) is 4.00. The molecule has 0 bridgehead atoms. The van der Waals surface area contributed by atoms with Gasteiger partial charge in [0.05, 0.1) is 5.92 Å². The first-order valence-corrected chi connectivity index (χ1v) is 11.0. The topological polar surface area (TPSA) is 131 Å². The van der Waals surface area contributed by atoms with E-state index in [1.807, 2.05) is 36.4 Å². The number of nitrogens with zero attached hydrogens (tertiary/aromatic N) is 1. The molecule has 1 unspecified atom stereocenters. The summed E-state index contributed by atoms with van der Waals surface area (Å²) in [4.78, 5) is 35.3. The SMILES string of the molecule is CC(CCCNC(=O)c1cc(NC(=O)OCC2c3ccccc3-c3ccccc32)on1)C(=O)O. The molecular formula is C25H25N3O6. The number of amides is 2. The lowest BCUT2D eigenvalue weighted by atomic mass is 9.98. The molecule has 0 aliphatic heterocycles. The lowest BCUT2D eigenvalue weighted by Crippen LogP contribution is -2.25. The number of hydrogen-bond donors (Lipinski definition) is 3. The van der Waals surface area contributed by atoms with Gasteiger partial charge in [0.2, 0.25) is 5.88 Å². The van der Waals surface area contributed by atoms with Crippen molar-refractivity contribution < 1.29 is 28.8 Å². The molecule has 1 heterocycles. The monoisotopic (exact) mass is 463 g/mol. The standard InChI is InChI=1S/C25H25N3O6/c1-15(24(30)31)7-6-12-26-23(29)21-13-22(34-28-21)27-25(32)33-14-20-18-10-4-2-8-16(18)17-9-3-5-11-19(17)20/h2-5,8-11,13,15,20H,6-7,12,14H2,1H3,(H,26,29)(H,27,32)(H,30,31). The second-order valence-electron chi connectivity index (χ2n) is 8.16. The Kier molecular flexibility index (Phi) is 6.91. The lowest BCUT2D eigenvalue weighted by molar-refractivity contribution is -0.141. The summed E-state index contributed by atoms with van der Waals surface area (Å²) in [5.74, 6) is -1.91. The Labute approximate surface area is 196 Å². The molecule has 3 N–H and O–H groups in total. The van der Waals surface area contributed by atoms with E-state index in [2.05, 4.69) is 27.9 Å². The number of ether oxygens (including phenoxy) is 1. The van der Waals surface area contributed by atoms with Gasteiger partial charge in [-0.15, -0.1) is 0 Å². The third kappa shape index (κ3) is 5.09. The summed E-state index contributed by atoms with van der Waals surface area (Å²) in [6.45, 7) is 2.07. The van der Waals surface area contributed by atoms with Crippen molar-refractivity contribution in [2.75, 3.05) is 18.5 Å². The molecule has 0 saturated heterocycles. The smallest absolute Gasteiger partial charge is 0.414 e. The number of hydrogen-bond acceptors (Lipinski definition) is 6. The molecule has 34 heavy (non-hydrogen) atoms. The van der Waals surface area contributed by atoms with Crippen molar-refractivity contribution in [1.29, 1.82) is 0 Å². The van der Waals surface area contributed by atoms with Crippen molar-refractivity contribution >= 4 is 23.9 Å². The van der Waals surface area contributed by atoms with Crippen LogP contribution in [0.3, 0.4) is 0 Å². The van der Waals surface area contributed by atoms with Gasteiger partial charge in [0, 0.05) is 18.5 Å². The minimum Gasteiger partial charge on any atom is -0.481 e. The maximum atomic E-state index is 12.3. The summed E-state index contributed by atoms with van der Waals surface area (Å²) >= 11 is 0.